The molecule has 1 aliphatic heterocycles. The van der Waals surface area contributed by atoms with Crippen LogP contribution < -0.4 is 5.32 Å². The lowest BCUT2D eigenvalue weighted by Crippen LogP contribution is -2.18. The van der Waals surface area contributed by atoms with Gasteiger partial charge in [-0.15, -0.1) is 0 Å². The predicted molar refractivity (Wildman–Crippen MR) is 57.8 cm³/mol. The van der Waals surface area contributed by atoms with Gasteiger partial charge in [-0.3, -0.25) is 0 Å². The van der Waals surface area contributed by atoms with Crippen molar-refractivity contribution in [2.24, 2.45) is 0 Å². The standard InChI is InChI=1S/C9H8INO/c10-7-3-1-6-2-4-9(12)11-8(6)5-7/h1-5,9,11-12H. The summed E-state index contributed by atoms with van der Waals surface area (Å²) in [5, 5.41) is 12.2. The molecule has 1 atom stereocenters. The van der Waals surface area contributed by atoms with E-state index in [0.717, 1.165) is 11.3 Å². The van der Waals surface area contributed by atoms with Gasteiger partial charge in [-0.05, 0) is 46.4 Å². The lowest BCUT2D eigenvalue weighted by Gasteiger charge is -2.17. The number of anilines is 1. The highest BCUT2D eigenvalue weighted by Gasteiger charge is 2.08. The van der Waals surface area contributed by atoms with Crippen molar-refractivity contribution in [2.75, 3.05) is 5.32 Å². The van der Waals surface area contributed by atoms with Crippen molar-refractivity contribution in [2.45, 2.75) is 6.23 Å². The molecule has 0 bridgehead atoms. The van der Waals surface area contributed by atoms with Crippen molar-refractivity contribution in [3.8, 4) is 0 Å². The maximum Gasteiger partial charge on any atom is 0.144 e. The van der Waals surface area contributed by atoms with Gasteiger partial charge in [-0.1, -0.05) is 12.1 Å². The first kappa shape index (κ1) is 8.07. The van der Waals surface area contributed by atoms with E-state index in [-0.39, 0.29) is 0 Å². The zero-order valence-corrected chi connectivity index (χ0v) is 8.45. The van der Waals surface area contributed by atoms with Gasteiger partial charge in [0, 0.05) is 9.26 Å². The van der Waals surface area contributed by atoms with E-state index >= 15 is 0 Å². The molecular weight excluding hydrogens is 265 g/mol. The number of aliphatic hydroxyl groups excluding tert-OH is 1. The van der Waals surface area contributed by atoms with Crippen LogP contribution in [0.15, 0.2) is 24.3 Å². The van der Waals surface area contributed by atoms with E-state index in [0.29, 0.717) is 0 Å². The summed E-state index contributed by atoms with van der Waals surface area (Å²) in [4.78, 5) is 0. The fourth-order valence-electron chi connectivity index (χ4n) is 1.20. The van der Waals surface area contributed by atoms with Gasteiger partial charge in [0.25, 0.3) is 0 Å². The third-order valence-electron chi connectivity index (χ3n) is 1.78. The van der Waals surface area contributed by atoms with Gasteiger partial charge in [-0.2, -0.15) is 0 Å². The summed E-state index contributed by atoms with van der Waals surface area (Å²) < 4.78 is 1.17. The fraction of sp³-hybridized carbons (Fsp3) is 0.111. The zero-order valence-electron chi connectivity index (χ0n) is 6.29. The number of halogens is 1. The molecule has 0 radical (unpaired) electrons. The van der Waals surface area contributed by atoms with Gasteiger partial charge in [0.1, 0.15) is 6.23 Å². The molecule has 3 heteroatoms. The van der Waals surface area contributed by atoms with Crippen molar-refractivity contribution >= 4 is 34.4 Å². The van der Waals surface area contributed by atoms with Crippen molar-refractivity contribution in [3.63, 3.8) is 0 Å². The Morgan fingerprint density at radius 2 is 2.25 bits per heavy atom. The third-order valence-corrected chi connectivity index (χ3v) is 2.45. The first-order valence-corrected chi connectivity index (χ1v) is 4.76. The molecule has 0 saturated carbocycles. The minimum atomic E-state index is -0.546. The van der Waals surface area contributed by atoms with E-state index in [1.807, 2.05) is 24.3 Å². The molecule has 12 heavy (non-hydrogen) atoms. The number of hydrogen-bond acceptors (Lipinski definition) is 2. The molecule has 1 aromatic carbocycles. The second-order valence-corrected chi connectivity index (χ2v) is 3.93. The van der Waals surface area contributed by atoms with Crippen molar-refractivity contribution in [1.29, 1.82) is 0 Å². The van der Waals surface area contributed by atoms with Crippen LogP contribution >= 0.6 is 22.6 Å². The van der Waals surface area contributed by atoms with E-state index in [1.54, 1.807) is 6.08 Å². The zero-order chi connectivity index (χ0) is 8.55. The first-order valence-electron chi connectivity index (χ1n) is 3.68. The number of benzene rings is 1. The molecule has 2 N–H and O–H groups in total. The topological polar surface area (TPSA) is 32.3 Å². The quantitative estimate of drug-likeness (QED) is 0.709. The molecule has 0 aliphatic carbocycles. The molecule has 0 amide bonds. The van der Waals surface area contributed by atoms with Crippen LogP contribution in [0.25, 0.3) is 6.08 Å². The van der Waals surface area contributed by atoms with E-state index in [4.69, 9.17) is 0 Å². The lowest BCUT2D eigenvalue weighted by atomic mass is 10.1. The Kier molecular flexibility index (Phi) is 2.06. The van der Waals surface area contributed by atoms with Gasteiger partial charge in [-0.25, -0.2) is 0 Å². The van der Waals surface area contributed by atoms with Gasteiger partial charge in [0.05, 0.1) is 0 Å². The maximum atomic E-state index is 9.25. The van der Waals surface area contributed by atoms with Crippen LogP contribution in [0.3, 0.4) is 0 Å². The van der Waals surface area contributed by atoms with E-state index in [1.165, 1.54) is 3.57 Å². The Morgan fingerprint density at radius 3 is 3.08 bits per heavy atom. The van der Waals surface area contributed by atoms with Gasteiger partial charge in [0.2, 0.25) is 0 Å². The highest BCUT2D eigenvalue weighted by atomic mass is 127. The molecule has 1 heterocycles. The van der Waals surface area contributed by atoms with E-state index in [9.17, 15) is 5.11 Å². The van der Waals surface area contributed by atoms with Crippen LogP contribution in [0.1, 0.15) is 5.56 Å². The molecule has 2 nitrogen and oxygen atoms in total. The van der Waals surface area contributed by atoms with Crippen LogP contribution in [-0.2, 0) is 0 Å². The van der Waals surface area contributed by atoms with Crippen LogP contribution in [-0.4, -0.2) is 11.3 Å². The average molecular weight is 273 g/mol. The first-order chi connectivity index (χ1) is 5.75. The Morgan fingerprint density at radius 1 is 1.42 bits per heavy atom. The van der Waals surface area contributed by atoms with Crippen molar-refractivity contribution in [1.82, 2.24) is 0 Å². The van der Waals surface area contributed by atoms with E-state index < -0.39 is 6.23 Å². The largest absolute Gasteiger partial charge is 0.370 e. The molecule has 0 fully saturated rings. The summed E-state index contributed by atoms with van der Waals surface area (Å²) in [6.07, 6.45) is 3.11. The Bertz CT molecular complexity index is 335. The van der Waals surface area contributed by atoms with E-state index in [2.05, 4.69) is 27.9 Å². The highest BCUT2D eigenvalue weighted by Crippen LogP contribution is 2.24. The molecule has 62 valence electrons. The number of hydrogen-bond donors (Lipinski definition) is 2. The number of rotatable bonds is 0. The Hall–Kier alpha value is -0.550. The maximum absolute atomic E-state index is 9.25. The predicted octanol–water partition coefficient (Wildman–Crippen LogP) is 2.05. The summed E-state index contributed by atoms with van der Waals surface area (Å²) >= 11 is 2.25. The highest BCUT2D eigenvalue weighted by molar-refractivity contribution is 14.1. The smallest absolute Gasteiger partial charge is 0.144 e. The second kappa shape index (κ2) is 3.06. The normalized spacial score (nSPS) is 20.0. The van der Waals surface area contributed by atoms with Crippen LogP contribution in [0, 0.1) is 3.57 Å². The molecule has 0 saturated heterocycles. The molecule has 2 rings (SSSR count). The summed E-state index contributed by atoms with van der Waals surface area (Å²) in [7, 11) is 0. The molecule has 1 unspecified atom stereocenters. The monoisotopic (exact) mass is 273 g/mol. The summed E-state index contributed by atoms with van der Waals surface area (Å²) in [5.74, 6) is 0. The number of aliphatic hydroxyl groups is 1. The van der Waals surface area contributed by atoms with Crippen LogP contribution in [0.5, 0.6) is 0 Å². The number of nitrogens with one attached hydrogen (secondary N) is 1. The van der Waals surface area contributed by atoms with Crippen LogP contribution in [0.4, 0.5) is 5.69 Å². The molecule has 0 aromatic heterocycles. The molecule has 1 aliphatic rings. The lowest BCUT2D eigenvalue weighted by molar-refractivity contribution is 0.252. The average Bonchev–Trinajstić information content (AvgIpc) is 2.03. The van der Waals surface area contributed by atoms with Crippen molar-refractivity contribution < 1.29 is 5.11 Å². The SMILES string of the molecule is OC1C=Cc2ccc(I)cc2N1. The van der Waals surface area contributed by atoms with Gasteiger partial charge < -0.3 is 10.4 Å². The summed E-state index contributed by atoms with van der Waals surface area (Å²) in [6, 6.07) is 6.10. The minimum Gasteiger partial charge on any atom is -0.370 e. The summed E-state index contributed by atoms with van der Waals surface area (Å²) in [6.45, 7) is 0. The fourth-order valence-corrected chi connectivity index (χ4v) is 1.69. The third kappa shape index (κ3) is 1.47. The van der Waals surface area contributed by atoms with Gasteiger partial charge in [0.15, 0.2) is 0 Å². The van der Waals surface area contributed by atoms with Crippen molar-refractivity contribution in [3.05, 3.63) is 33.4 Å². The molecule has 1 aromatic rings. The van der Waals surface area contributed by atoms with Crippen LogP contribution in [0.2, 0.25) is 0 Å². The number of fused-ring (bicyclic) bond motifs is 1. The Balaban J connectivity index is 2.47. The Labute approximate surface area is 84.4 Å². The molecule has 0 spiro atoms. The minimum absolute atomic E-state index is 0.546. The summed E-state index contributed by atoms with van der Waals surface area (Å²) in [5.41, 5.74) is 2.12. The van der Waals surface area contributed by atoms with Gasteiger partial charge >= 0.3 is 0 Å². The molecular formula is C9H8INO. The second-order valence-electron chi connectivity index (χ2n) is 2.68.